The number of ketones is 1. The van der Waals surface area contributed by atoms with Crippen molar-refractivity contribution in [1.29, 1.82) is 0 Å². The fraction of sp³-hybridized carbons (Fsp3) is 0.571. The Labute approximate surface area is 337 Å². The number of carbonyl (C=O) groups is 1. The zero-order valence-corrected chi connectivity index (χ0v) is 35.2. The van der Waals surface area contributed by atoms with Gasteiger partial charge in [0.05, 0.1) is 19.8 Å². The van der Waals surface area contributed by atoms with Gasteiger partial charge in [-0.1, -0.05) is 166 Å². The van der Waals surface area contributed by atoms with Gasteiger partial charge in [0.25, 0.3) is 5.79 Å². The van der Waals surface area contributed by atoms with E-state index in [1.807, 2.05) is 18.2 Å². The minimum Gasteiger partial charge on any atom is -0.449 e. The van der Waals surface area contributed by atoms with Gasteiger partial charge >= 0.3 is 5.79 Å². The number of unbranched alkanes of at least 4 members (excludes halogenated alkanes) is 10. The molecule has 0 aliphatic carbocycles. The van der Waals surface area contributed by atoms with Gasteiger partial charge < -0.3 is 28.4 Å². The highest BCUT2D eigenvalue weighted by Crippen LogP contribution is 2.45. The summed E-state index contributed by atoms with van der Waals surface area (Å²) in [5.41, 5.74) is 0. The first kappa shape index (κ1) is 45.4. The Hall–Kier alpha value is -3.33. The normalized spacial score (nSPS) is 13.2. The topological polar surface area (TPSA) is 72.5 Å². The van der Waals surface area contributed by atoms with Crippen LogP contribution in [0.15, 0.2) is 79.4 Å². The van der Waals surface area contributed by atoms with E-state index in [0.717, 1.165) is 122 Å². The van der Waals surface area contributed by atoms with Gasteiger partial charge in [0.15, 0.2) is 0 Å². The van der Waals surface area contributed by atoms with E-state index in [-0.39, 0.29) is 19.8 Å². The lowest BCUT2D eigenvalue weighted by Gasteiger charge is -2.49. The van der Waals surface area contributed by atoms with E-state index in [0.29, 0.717) is 25.4 Å². The minimum atomic E-state index is -2.19. The fourth-order valence-corrected chi connectivity index (χ4v) is 7.39. The molecule has 0 saturated carbocycles. The predicted molar refractivity (Wildman–Crippen MR) is 231 cm³/mol. The third-order valence-corrected chi connectivity index (χ3v) is 10.5. The molecule has 4 aromatic carbocycles. The average Bonchev–Trinajstić information content (AvgIpc) is 3.23. The lowest BCUT2D eigenvalue weighted by atomic mass is 9.93. The molecule has 56 heavy (non-hydrogen) atoms. The summed E-state index contributed by atoms with van der Waals surface area (Å²) >= 11 is 0. The Morgan fingerprint density at radius 2 is 0.929 bits per heavy atom. The molecule has 0 radical (unpaired) electrons. The zero-order valence-electron chi connectivity index (χ0n) is 35.2. The maximum absolute atomic E-state index is 15.2. The second-order valence-electron chi connectivity index (χ2n) is 14.9. The Morgan fingerprint density at radius 3 is 1.38 bits per heavy atom. The Balaban J connectivity index is 2.07. The van der Waals surface area contributed by atoms with Crippen LogP contribution in [0.5, 0.6) is 5.75 Å². The number of rotatable bonds is 31. The van der Waals surface area contributed by atoms with E-state index >= 15 is 4.79 Å². The van der Waals surface area contributed by atoms with Crippen molar-refractivity contribution in [2.75, 3.05) is 33.0 Å². The predicted octanol–water partition coefficient (Wildman–Crippen LogP) is 13.0. The molecule has 0 saturated heterocycles. The van der Waals surface area contributed by atoms with E-state index in [2.05, 4.69) is 89.7 Å². The Morgan fingerprint density at radius 1 is 0.536 bits per heavy atom. The van der Waals surface area contributed by atoms with Crippen molar-refractivity contribution in [3.63, 3.8) is 0 Å². The summed E-state index contributed by atoms with van der Waals surface area (Å²) in [6.07, 6.45) is 13.8. The van der Waals surface area contributed by atoms with Crippen molar-refractivity contribution in [2.24, 2.45) is 0 Å². The summed E-state index contributed by atoms with van der Waals surface area (Å²) in [5, 5.41) is 6.20. The van der Waals surface area contributed by atoms with Crippen molar-refractivity contribution < 1.29 is 33.2 Å². The standard InChI is InChI=1S/C49H70O7/c1-7-13-22-34-51-47(52-35-23-14-8-2)49(54-37-25-16-10-4,55-38-26-17-11-5)48(45(50)12-6,53-36-24-15-9-3)56-44-33-27-32-43-41-29-19-18-28-39(41)40-30-20-21-31-42(40)46(43)44/h12,18-21,27-33,47H,6-11,13-17,22-26,34-38H2,1-5H3. The first-order chi connectivity index (χ1) is 27.5. The summed E-state index contributed by atoms with van der Waals surface area (Å²) in [7, 11) is 0. The second-order valence-corrected chi connectivity index (χ2v) is 14.9. The molecule has 308 valence electrons. The number of hydrogen-bond donors (Lipinski definition) is 0. The summed E-state index contributed by atoms with van der Waals surface area (Å²) < 4.78 is 42.1. The molecule has 1 unspecified atom stereocenters. The smallest absolute Gasteiger partial charge is 0.335 e. The number of carbonyl (C=O) groups excluding carboxylic acids is 1. The maximum atomic E-state index is 15.2. The SMILES string of the molecule is C=CC(=O)C(OCCCCC)(Oc1cccc2c3ccccc3c3ccccc3c12)C(OCCCCC)(OCCCCC)C(OCCCCC)OCCCCC. The van der Waals surface area contributed by atoms with Crippen molar-refractivity contribution in [3.8, 4) is 5.75 Å². The van der Waals surface area contributed by atoms with Gasteiger partial charge in [0.1, 0.15) is 5.75 Å². The van der Waals surface area contributed by atoms with Crippen molar-refractivity contribution in [3.05, 3.63) is 79.4 Å². The van der Waals surface area contributed by atoms with Crippen LogP contribution < -0.4 is 4.74 Å². The summed E-state index contributed by atoms with van der Waals surface area (Å²) in [6.45, 7) is 16.4. The molecule has 0 amide bonds. The van der Waals surface area contributed by atoms with Crippen LogP contribution in [0.3, 0.4) is 0 Å². The third kappa shape index (κ3) is 11.2. The highest BCUT2D eigenvalue weighted by Gasteiger charge is 2.68. The van der Waals surface area contributed by atoms with Crippen LogP contribution in [0.1, 0.15) is 131 Å². The van der Waals surface area contributed by atoms with Gasteiger partial charge in [-0.3, -0.25) is 4.79 Å². The summed E-state index contributed by atoms with van der Waals surface area (Å²) in [6, 6.07) is 22.8. The van der Waals surface area contributed by atoms with Crippen LogP contribution in [0.2, 0.25) is 0 Å². The molecule has 7 nitrogen and oxygen atoms in total. The summed E-state index contributed by atoms with van der Waals surface area (Å²) in [4.78, 5) is 15.2. The van der Waals surface area contributed by atoms with Crippen molar-refractivity contribution >= 4 is 38.1 Å². The van der Waals surface area contributed by atoms with E-state index in [9.17, 15) is 0 Å². The molecule has 1 atom stereocenters. The molecule has 0 aliphatic heterocycles. The minimum absolute atomic E-state index is 0.221. The lowest BCUT2D eigenvalue weighted by Crippen LogP contribution is -2.72. The van der Waals surface area contributed by atoms with Gasteiger partial charge in [-0.05, 0) is 71.2 Å². The Bertz CT molecular complexity index is 1680. The molecule has 7 heteroatoms. The quantitative estimate of drug-likeness (QED) is 0.0218. The van der Waals surface area contributed by atoms with Gasteiger partial charge in [0.2, 0.25) is 12.1 Å². The molecule has 4 rings (SSSR count). The zero-order chi connectivity index (χ0) is 40.1. The Kier molecular flexibility index (Phi) is 19.8. The van der Waals surface area contributed by atoms with E-state index < -0.39 is 23.6 Å². The van der Waals surface area contributed by atoms with Crippen LogP contribution in [0.25, 0.3) is 32.3 Å². The van der Waals surface area contributed by atoms with Crippen LogP contribution in [-0.2, 0) is 28.5 Å². The van der Waals surface area contributed by atoms with E-state index in [1.165, 1.54) is 6.08 Å². The maximum Gasteiger partial charge on any atom is 0.335 e. The van der Waals surface area contributed by atoms with Crippen molar-refractivity contribution in [2.45, 2.75) is 149 Å². The molecule has 4 aromatic rings. The first-order valence-corrected chi connectivity index (χ1v) is 21.8. The molecule has 0 spiro atoms. The van der Waals surface area contributed by atoms with Crippen LogP contribution in [0, 0.1) is 0 Å². The number of hydrogen-bond acceptors (Lipinski definition) is 7. The number of ether oxygens (including phenoxy) is 6. The lowest BCUT2D eigenvalue weighted by molar-refractivity contribution is -0.434. The van der Waals surface area contributed by atoms with Crippen LogP contribution in [-0.4, -0.2) is 56.7 Å². The molecule has 0 aromatic heterocycles. The molecular weight excluding hydrogens is 701 g/mol. The molecule has 0 heterocycles. The highest BCUT2D eigenvalue weighted by atomic mass is 16.8. The van der Waals surface area contributed by atoms with Crippen LogP contribution in [0.4, 0.5) is 0 Å². The van der Waals surface area contributed by atoms with E-state index in [1.54, 1.807) is 0 Å². The molecule has 0 aliphatic rings. The number of benzene rings is 4. The molecule has 0 fully saturated rings. The molecule has 0 bridgehead atoms. The summed E-state index contributed by atoms with van der Waals surface area (Å²) in [5.74, 6) is -4.19. The first-order valence-electron chi connectivity index (χ1n) is 21.8. The van der Waals surface area contributed by atoms with Gasteiger partial charge in [0, 0.05) is 18.6 Å². The van der Waals surface area contributed by atoms with Gasteiger partial charge in [-0.25, -0.2) is 0 Å². The highest BCUT2D eigenvalue weighted by molar-refractivity contribution is 6.26. The largest absolute Gasteiger partial charge is 0.449 e. The molecular formula is C49H70O7. The van der Waals surface area contributed by atoms with E-state index in [4.69, 9.17) is 28.4 Å². The number of fused-ring (bicyclic) bond motifs is 6. The van der Waals surface area contributed by atoms with Gasteiger partial charge in [-0.2, -0.15) is 0 Å². The average molecular weight is 771 g/mol. The van der Waals surface area contributed by atoms with Crippen molar-refractivity contribution in [1.82, 2.24) is 0 Å². The van der Waals surface area contributed by atoms with Crippen LogP contribution >= 0.6 is 0 Å². The van der Waals surface area contributed by atoms with Gasteiger partial charge in [-0.15, -0.1) is 0 Å². The monoisotopic (exact) mass is 771 g/mol. The molecule has 0 N–H and O–H groups in total. The fourth-order valence-electron chi connectivity index (χ4n) is 7.39. The second kappa shape index (κ2) is 24.4. The third-order valence-electron chi connectivity index (χ3n) is 10.5.